The molecule has 7 heteroatoms. The molecule has 22 heavy (non-hydrogen) atoms. The van der Waals surface area contributed by atoms with Crippen molar-refractivity contribution < 1.29 is 0 Å². The molecule has 3 rings (SSSR count). The molecule has 0 saturated heterocycles. The number of aromatic amines is 1. The van der Waals surface area contributed by atoms with E-state index < -0.39 is 0 Å². The molecular weight excluding hydrogens is 298 g/mol. The number of hydrogen-bond acceptors (Lipinski definition) is 5. The highest BCUT2D eigenvalue weighted by atomic mass is 32.1. The van der Waals surface area contributed by atoms with Crippen molar-refractivity contribution in [2.45, 2.75) is 13.0 Å². The molecule has 0 aliphatic rings. The lowest BCUT2D eigenvalue weighted by Gasteiger charge is -2.08. The highest BCUT2D eigenvalue weighted by Crippen LogP contribution is 2.05. The Labute approximate surface area is 131 Å². The van der Waals surface area contributed by atoms with Gasteiger partial charge in [-0.25, -0.2) is 9.97 Å². The normalized spacial score (nSPS) is 10.5. The van der Waals surface area contributed by atoms with Crippen LogP contribution in [-0.2, 0) is 13.0 Å². The lowest BCUT2D eigenvalue weighted by molar-refractivity contribution is 0.717. The average molecular weight is 311 g/mol. The van der Waals surface area contributed by atoms with Crippen molar-refractivity contribution in [3.8, 4) is 0 Å². The van der Waals surface area contributed by atoms with Gasteiger partial charge < -0.3 is 4.57 Å². The molecule has 0 amide bonds. The van der Waals surface area contributed by atoms with E-state index in [1.54, 1.807) is 29.4 Å². The summed E-state index contributed by atoms with van der Waals surface area (Å²) in [5.74, 6) is 0. The SMILES string of the molecule is O=c1[nH]c(=S)n(Cc2ccccn2)cc1Cc1cncnc1. The topological polar surface area (TPSA) is 76.5 Å². The van der Waals surface area contributed by atoms with Crippen molar-refractivity contribution in [2.24, 2.45) is 0 Å². The Kier molecular flexibility index (Phi) is 4.15. The van der Waals surface area contributed by atoms with Crippen LogP contribution in [0.2, 0.25) is 0 Å². The van der Waals surface area contributed by atoms with Crippen LogP contribution in [-0.4, -0.2) is 24.5 Å². The first kappa shape index (κ1) is 14.3. The second-order valence-electron chi connectivity index (χ2n) is 4.79. The van der Waals surface area contributed by atoms with Crippen molar-refractivity contribution in [1.82, 2.24) is 24.5 Å². The van der Waals surface area contributed by atoms with Crippen molar-refractivity contribution in [3.05, 3.63) is 81.3 Å². The first-order chi connectivity index (χ1) is 10.7. The van der Waals surface area contributed by atoms with E-state index in [1.807, 2.05) is 18.2 Å². The first-order valence-electron chi connectivity index (χ1n) is 6.69. The first-order valence-corrected chi connectivity index (χ1v) is 7.09. The number of rotatable bonds is 4. The van der Waals surface area contributed by atoms with Crippen LogP contribution < -0.4 is 5.56 Å². The molecule has 0 saturated carbocycles. The minimum Gasteiger partial charge on any atom is -0.319 e. The molecule has 110 valence electrons. The minimum atomic E-state index is -0.189. The van der Waals surface area contributed by atoms with Gasteiger partial charge in [0.1, 0.15) is 6.33 Å². The van der Waals surface area contributed by atoms with Gasteiger partial charge in [-0.05, 0) is 29.9 Å². The summed E-state index contributed by atoms with van der Waals surface area (Å²) in [5, 5.41) is 0. The summed E-state index contributed by atoms with van der Waals surface area (Å²) in [6.45, 7) is 0.509. The molecule has 1 N–H and O–H groups in total. The van der Waals surface area contributed by atoms with Crippen molar-refractivity contribution >= 4 is 12.2 Å². The Morgan fingerprint density at radius 3 is 2.77 bits per heavy atom. The number of aromatic nitrogens is 5. The zero-order valence-electron chi connectivity index (χ0n) is 11.6. The van der Waals surface area contributed by atoms with Crippen LogP contribution in [0.4, 0.5) is 0 Å². The maximum Gasteiger partial charge on any atom is 0.255 e. The summed E-state index contributed by atoms with van der Waals surface area (Å²) in [6.07, 6.45) is 8.79. The van der Waals surface area contributed by atoms with Gasteiger partial charge in [-0.1, -0.05) is 6.07 Å². The zero-order valence-corrected chi connectivity index (χ0v) is 12.5. The molecule has 0 bridgehead atoms. The van der Waals surface area contributed by atoms with Gasteiger partial charge in [-0.15, -0.1) is 0 Å². The number of nitrogens with zero attached hydrogens (tertiary/aromatic N) is 4. The molecule has 0 aliphatic heterocycles. The van der Waals surface area contributed by atoms with Crippen molar-refractivity contribution in [3.63, 3.8) is 0 Å². The molecule has 0 radical (unpaired) electrons. The predicted octanol–water partition coefficient (Wildman–Crippen LogP) is 1.73. The second kappa shape index (κ2) is 6.40. The molecule has 3 heterocycles. The molecule has 0 atom stereocenters. The van der Waals surface area contributed by atoms with Crippen LogP contribution in [0.5, 0.6) is 0 Å². The predicted molar refractivity (Wildman–Crippen MR) is 84.1 cm³/mol. The van der Waals surface area contributed by atoms with Crippen LogP contribution in [0.15, 0.2) is 54.1 Å². The van der Waals surface area contributed by atoms with E-state index in [4.69, 9.17) is 12.2 Å². The van der Waals surface area contributed by atoms with Gasteiger partial charge in [0.25, 0.3) is 5.56 Å². The largest absolute Gasteiger partial charge is 0.319 e. The van der Waals surface area contributed by atoms with Crippen LogP contribution >= 0.6 is 12.2 Å². The Bertz CT molecular complexity index is 803. The number of H-pyrrole nitrogens is 1. The molecule has 0 fully saturated rings. The quantitative estimate of drug-likeness (QED) is 0.743. The molecule has 0 aliphatic carbocycles. The molecule has 3 aromatic heterocycles. The molecule has 0 unspecified atom stereocenters. The summed E-state index contributed by atoms with van der Waals surface area (Å²) in [4.78, 5) is 26.9. The van der Waals surface area contributed by atoms with E-state index in [0.29, 0.717) is 23.3 Å². The zero-order chi connectivity index (χ0) is 15.4. The fourth-order valence-electron chi connectivity index (χ4n) is 2.11. The van der Waals surface area contributed by atoms with Crippen molar-refractivity contribution in [1.29, 1.82) is 0 Å². The van der Waals surface area contributed by atoms with E-state index in [1.165, 1.54) is 6.33 Å². The maximum atomic E-state index is 12.1. The fourth-order valence-corrected chi connectivity index (χ4v) is 2.32. The Morgan fingerprint density at radius 1 is 1.23 bits per heavy atom. The van der Waals surface area contributed by atoms with E-state index in [9.17, 15) is 4.79 Å². The number of nitrogens with one attached hydrogen (secondary N) is 1. The van der Waals surface area contributed by atoms with Gasteiger partial charge >= 0.3 is 0 Å². The van der Waals surface area contributed by atoms with Gasteiger partial charge in [0.15, 0.2) is 4.77 Å². The van der Waals surface area contributed by atoms with Crippen LogP contribution in [0.3, 0.4) is 0 Å². The summed E-state index contributed by atoms with van der Waals surface area (Å²) in [6, 6.07) is 5.69. The molecule has 3 aromatic rings. The Balaban J connectivity index is 1.93. The summed E-state index contributed by atoms with van der Waals surface area (Å²) in [5.41, 5.74) is 2.17. The van der Waals surface area contributed by atoms with E-state index in [0.717, 1.165) is 11.3 Å². The summed E-state index contributed by atoms with van der Waals surface area (Å²) in [7, 11) is 0. The van der Waals surface area contributed by atoms with Gasteiger partial charge in [-0.2, -0.15) is 0 Å². The molecule has 6 nitrogen and oxygen atoms in total. The van der Waals surface area contributed by atoms with Gasteiger partial charge in [-0.3, -0.25) is 14.8 Å². The van der Waals surface area contributed by atoms with Crippen molar-refractivity contribution in [2.75, 3.05) is 0 Å². The molecular formula is C15H13N5OS. The highest BCUT2D eigenvalue weighted by Gasteiger charge is 2.06. The maximum absolute atomic E-state index is 12.1. The van der Waals surface area contributed by atoms with E-state index in [-0.39, 0.29) is 5.56 Å². The number of hydrogen-bond donors (Lipinski definition) is 1. The minimum absolute atomic E-state index is 0.189. The fraction of sp³-hybridized carbons (Fsp3) is 0.133. The van der Waals surface area contributed by atoms with Gasteiger partial charge in [0.05, 0.1) is 12.2 Å². The molecule has 0 aromatic carbocycles. The number of pyridine rings is 1. The van der Waals surface area contributed by atoms with E-state index in [2.05, 4.69) is 19.9 Å². The average Bonchev–Trinajstić information content (AvgIpc) is 2.54. The Morgan fingerprint density at radius 2 is 2.05 bits per heavy atom. The van der Waals surface area contributed by atoms with E-state index >= 15 is 0 Å². The summed E-state index contributed by atoms with van der Waals surface area (Å²) < 4.78 is 2.18. The molecule has 0 spiro atoms. The third-order valence-electron chi connectivity index (χ3n) is 3.15. The smallest absolute Gasteiger partial charge is 0.255 e. The standard InChI is InChI=1S/C15H13N5OS/c21-14-12(5-11-6-16-10-17-7-11)8-20(15(22)19-14)9-13-3-1-2-4-18-13/h1-4,6-8,10H,5,9H2,(H,19,21,22). The highest BCUT2D eigenvalue weighted by molar-refractivity contribution is 7.71. The second-order valence-corrected chi connectivity index (χ2v) is 5.17. The lowest BCUT2D eigenvalue weighted by atomic mass is 10.1. The van der Waals surface area contributed by atoms with Crippen LogP contribution in [0.25, 0.3) is 0 Å². The lowest BCUT2D eigenvalue weighted by Crippen LogP contribution is -2.19. The monoisotopic (exact) mass is 311 g/mol. The Hall–Kier alpha value is -2.67. The van der Waals surface area contributed by atoms with Gasteiger partial charge in [0.2, 0.25) is 0 Å². The third kappa shape index (κ3) is 3.32. The third-order valence-corrected chi connectivity index (χ3v) is 3.49. The summed E-state index contributed by atoms with van der Waals surface area (Å²) >= 11 is 5.22. The van der Waals surface area contributed by atoms with Gasteiger partial charge in [0, 0.05) is 36.8 Å². The van der Waals surface area contributed by atoms with Crippen LogP contribution in [0, 0.1) is 4.77 Å². The van der Waals surface area contributed by atoms with Crippen LogP contribution in [0.1, 0.15) is 16.8 Å².